The zero-order valence-electron chi connectivity index (χ0n) is 15.4. The van der Waals surface area contributed by atoms with Gasteiger partial charge in [-0.3, -0.25) is 4.79 Å². The van der Waals surface area contributed by atoms with Crippen molar-refractivity contribution in [3.05, 3.63) is 80.8 Å². The van der Waals surface area contributed by atoms with Crippen LogP contribution in [0.3, 0.4) is 0 Å². The largest absolute Gasteiger partial charge is 0.481 e. The van der Waals surface area contributed by atoms with Gasteiger partial charge in [-0.1, -0.05) is 53.5 Å². The maximum Gasteiger partial charge on any atom is 0.332 e. The monoisotopic (exact) mass is 432 g/mol. The number of benzene rings is 2. The molecule has 0 aliphatic heterocycles. The highest BCUT2D eigenvalue weighted by molar-refractivity contribution is 6.31. The highest BCUT2D eigenvalue weighted by Gasteiger charge is 2.55. The molecular weight excluding hydrogens is 415 g/mol. The van der Waals surface area contributed by atoms with E-state index in [2.05, 4.69) is 5.10 Å². The third kappa shape index (κ3) is 3.39. The molecule has 0 heterocycles. The first-order valence-corrected chi connectivity index (χ1v) is 9.44. The molecule has 0 amide bonds. The average molecular weight is 433 g/mol. The van der Waals surface area contributed by atoms with E-state index in [1.165, 1.54) is 0 Å². The fraction of sp³-hybridized carbons (Fsp3) is 0.190. The van der Waals surface area contributed by atoms with Gasteiger partial charge in [-0.15, -0.1) is 0 Å². The Morgan fingerprint density at radius 2 is 1.72 bits per heavy atom. The lowest BCUT2D eigenvalue weighted by molar-refractivity contribution is -0.144. The van der Waals surface area contributed by atoms with Crippen LogP contribution in [0.2, 0.25) is 10.0 Å². The van der Waals surface area contributed by atoms with Gasteiger partial charge in [0.05, 0.1) is 11.3 Å². The lowest BCUT2D eigenvalue weighted by Gasteiger charge is -2.43. The molecule has 150 valence electrons. The first-order chi connectivity index (χ1) is 13.7. The quantitative estimate of drug-likeness (QED) is 0.494. The smallest absolute Gasteiger partial charge is 0.332 e. The zero-order valence-corrected chi connectivity index (χ0v) is 16.9. The molecule has 1 aliphatic carbocycles. The summed E-state index contributed by atoms with van der Waals surface area (Å²) >= 11 is 12.4. The lowest BCUT2D eigenvalue weighted by Crippen LogP contribution is -2.49. The Morgan fingerprint density at radius 3 is 2.24 bits per heavy atom. The van der Waals surface area contributed by atoms with Gasteiger partial charge in [0.25, 0.3) is 0 Å². The van der Waals surface area contributed by atoms with Gasteiger partial charge >= 0.3 is 11.9 Å². The maximum absolute atomic E-state index is 12.8. The van der Waals surface area contributed by atoms with Gasteiger partial charge < -0.3 is 16.1 Å². The number of hydrogen-bond acceptors (Lipinski definition) is 4. The molecule has 0 spiro atoms. The van der Waals surface area contributed by atoms with Gasteiger partial charge in [-0.25, -0.2) is 4.79 Å². The normalized spacial score (nSPS) is 23.3. The molecule has 0 radical (unpaired) electrons. The third-order valence-electron chi connectivity index (χ3n) is 5.41. The number of aliphatic carboxylic acids is 2. The summed E-state index contributed by atoms with van der Waals surface area (Å²) in [5.74, 6) is 1.98. The summed E-state index contributed by atoms with van der Waals surface area (Å²) in [6.07, 6.45) is -0.0982. The predicted molar refractivity (Wildman–Crippen MR) is 112 cm³/mol. The molecule has 0 saturated carbocycles. The van der Waals surface area contributed by atoms with Crippen molar-refractivity contribution in [3.63, 3.8) is 0 Å². The summed E-state index contributed by atoms with van der Waals surface area (Å²) in [7, 11) is 0. The minimum Gasteiger partial charge on any atom is -0.481 e. The van der Waals surface area contributed by atoms with Crippen molar-refractivity contribution in [2.45, 2.75) is 24.7 Å². The highest BCUT2D eigenvalue weighted by atomic mass is 35.5. The van der Waals surface area contributed by atoms with E-state index in [0.29, 0.717) is 21.7 Å². The first-order valence-electron chi connectivity index (χ1n) is 8.69. The second kappa shape index (κ2) is 7.89. The molecule has 29 heavy (non-hydrogen) atoms. The zero-order chi connectivity index (χ0) is 21.3. The minimum atomic E-state index is -1.69. The molecule has 6 nitrogen and oxygen atoms in total. The van der Waals surface area contributed by atoms with Gasteiger partial charge in [-0.2, -0.15) is 5.10 Å². The van der Waals surface area contributed by atoms with Crippen LogP contribution >= 0.6 is 23.2 Å². The molecule has 4 N–H and O–H groups in total. The molecule has 2 atom stereocenters. The fourth-order valence-electron chi connectivity index (χ4n) is 4.01. The van der Waals surface area contributed by atoms with Crippen LogP contribution in [-0.2, 0) is 15.0 Å². The van der Waals surface area contributed by atoms with E-state index in [9.17, 15) is 19.8 Å². The number of hydrazone groups is 1. The Hall–Kier alpha value is -2.83. The molecule has 8 heteroatoms. The molecule has 2 aromatic carbocycles. The van der Waals surface area contributed by atoms with Gasteiger partial charge in [0.2, 0.25) is 0 Å². The van der Waals surface area contributed by atoms with Crippen molar-refractivity contribution in [3.8, 4) is 0 Å². The second-order valence-corrected chi connectivity index (χ2v) is 7.68. The Labute approximate surface area is 177 Å². The van der Waals surface area contributed by atoms with E-state index < -0.39 is 23.3 Å². The Balaban J connectivity index is 2.47. The van der Waals surface area contributed by atoms with Crippen LogP contribution in [0, 0.1) is 0 Å². The third-order valence-corrected chi connectivity index (χ3v) is 6.00. The van der Waals surface area contributed by atoms with Crippen molar-refractivity contribution in [2.24, 2.45) is 10.9 Å². The summed E-state index contributed by atoms with van der Waals surface area (Å²) in [5, 5.41) is 24.9. The van der Waals surface area contributed by atoms with E-state index in [0.717, 1.165) is 0 Å². The topological polar surface area (TPSA) is 113 Å². The van der Waals surface area contributed by atoms with E-state index in [-0.39, 0.29) is 22.7 Å². The van der Waals surface area contributed by atoms with Crippen LogP contribution in [0.5, 0.6) is 0 Å². The minimum absolute atomic E-state index is 0.0982. The van der Waals surface area contributed by atoms with E-state index >= 15 is 0 Å². The number of hydrogen-bond donors (Lipinski definition) is 3. The van der Waals surface area contributed by atoms with Crippen LogP contribution in [0.4, 0.5) is 0 Å². The average Bonchev–Trinajstić information content (AvgIpc) is 2.68. The van der Waals surface area contributed by atoms with Crippen LogP contribution in [-0.4, -0.2) is 27.9 Å². The lowest BCUT2D eigenvalue weighted by atomic mass is 9.58. The number of allylic oxidation sites excluding steroid dienone is 1. The fourth-order valence-corrected chi connectivity index (χ4v) is 4.38. The van der Waals surface area contributed by atoms with Crippen molar-refractivity contribution in [2.75, 3.05) is 0 Å². The van der Waals surface area contributed by atoms with Crippen LogP contribution in [0.25, 0.3) is 0 Å². The Morgan fingerprint density at radius 1 is 1.10 bits per heavy atom. The predicted octanol–water partition coefficient (Wildman–Crippen LogP) is 4.22. The summed E-state index contributed by atoms with van der Waals surface area (Å²) in [6, 6.07) is 12.9. The SMILES string of the molecule is CC1=C(C(=O)O)C(c2ccccc2Cl)C(C(=O)O)(c2ccc(Cl)cc2)CC1=NN. The van der Waals surface area contributed by atoms with E-state index in [1.54, 1.807) is 55.5 Å². The number of carboxylic acid groups (broad SMARTS) is 2. The summed E-state index contributed by atoms with van der Waals surface area (Å²) in [5.41, 5.74) is -0.475. The molecule has 3 rings (SSSR count). The van der Waals surface area contributed by atoms with Gasteiger partial charge in [0.15, 0.2) is 0 Å². The van der Waals surface area contributed by atoms with Crippen molar-refractivity contribution < 1.29 is 19.8 Å². The molecule has 0 saturated heterocycles. The molecule has 0 aromatic heterocycles. The van der Waals surface area contributed by atoms with Crippen molar-refractivity contribution in [1.82, 2.24) is 0 Å². The number of nitrogens with zero attached hydrogens (tertiary/aromatic N) is 1. The summed E-state index contributed by atoms with van der Waals surface area (Å²) < 4.78 is 0. The Bertz CT molecular complexity index is 1050. The maximum atomic E-state index is 12.8. The molecule has 0 fully saturated rings. The summed E-state index contributed by atoms with van der Waals surface area (Å²) in [6.45, 7) is 1.58. The Kier molecular flexibility index (Phi) is 5.68. The molecule has 1 aliphatic rings. The standard InChI is InChI=1S/C21H18Cl2N2O4/c1-11-16(25-24)10-21(20(28)29,12-6-8-13(22)9-7-12)18(17(11)19(26)27)14-4-2-3-5-15(14)23/h2-9,18H,10,24H2,1H3,(H,26,27)(H,28,29). The molecule has 0 bridgehead atoms. The van der Waals surface area contributed by atoms with E-state index in [1.807, 2.05) is 0 Å². The van der Waals surface area contributed by atoms with Crippen LogP contribution in [0.15, 0.2) is 64.8 Å². The molecule has 2 aromatic rings. The van der Waals surface area contributed by atoms with Crippen molar-refractivity contribution in [1.29, 1.82) is 0 Å². The molecule has 2 unspecified atom stereocenters. The van der Waals surface area contributed by atoms with E-state index in [4.69, 9.17) is 29.0 Å². The highest BCUT2D eigenvalue weighted by Crippen LogP contribution is 2.52. The molecular formula is C21H18Cl2N2O4. The van der Waals surface area contributed by atoms with Crippen LogP contribution in [0.1, 0.15) is 30.4 Å². The number of halogens is 2. The van der Waals surface area contributed by atoms with Gasteiger partial charge in [0, 0.05) is 22.4 Å². The van der Waals surface area contributed by atoms with Crippen molar-refractivity contribution >= 4 is 40.9 Å². The second-order valence-electron chi connectivity index (χ2n) is 6.83. The number of rotatable bonds is 4. The first kappa shape index (κ1) is 20.9. The van der Waals surface area contributed by atoms with Gasteiger partial charge in [-0.05, 0) is 41.8 Å². The number of carboxylic acids is 2. The number of carbonyl (C=O) groups is 2. The van der Waals surface area contributed by atoms with Crippen LogP contribution < -0.4 is 5.84 Å². The number of nitrogens with two attached hydrogens (primary N) is 1. The van der Waals surface area contributed by atoms with Gasteiger partial charge in [0.1, 0.15) is 5.41 Å². The summed E-state index contributed by atoms with van der Waals surface area (Å²) in [4.78, 5) is 25.1.